The molecule has 1 spiro atoms. The van der Waals surface area contributed by atoms with E-state index in [0.29, 0.717) is 0 Å². The maximum atomic E-state index is 7.15. The van der Waals surface area contributed by atoms with E-state index in [9.17, 15) is 0 Å². The number of benzene rings is 5. The first-order valence-electron chi connectivity index (χ1n) is 11.8. The first-order chi connectivity index (χ1) is 17.2. The Morgan fingerprint density at radius 1 is 0.771 bits per heavy atom. The number of hydrogen-bond donors (Lipinski definition) is 0. The summed E-state index contributed by atoms with van der Waals surface area (Å²) >= 11 is 0. The molecule has 5 aromatic rings. The molecule has 5 aromatic carbocycles. The largest absolute Gasteiger partial charge is 0.480 e. The van der Waals surface area contributed by atoms with E-state index in [1.54, 1.807) is 0 Å². The third kappa shape index (κ3) is 2.73. The molecular weight excluding hydrogens is 428 g/mol. The van der Waals surface area contributed by atoms with Gasteiger partial charge in [-0.3, -0.25) is 0 Å². The van der Waals surface area contributed by atoms with E-state index >= 15 is 0 Å². The van der Waals surface area contributed by atoms with Gasteiger partial charge < -0.3 is 9.47 Å². The Balaban J connectivity index is 1.53. The molecule has 1 atom stereocenters. The number of allylic oxidation sites excluding steroid dienone is 1. The summed E-state index contributed by atoms with van der Waals surface area (Å²) in [6.07, 6.45) is 7.76. The molecule has 1 aliphatic carbocycles. The summed E-state index contributed by atoms with van der Waals surface area (Å²) in [5, 5.41) is 4.46. The number of fused-ring (bicyclic) bond motifs is 9. The van der Waals surface area contributed by atoms with E-state index in [4.69, 9.17) is 15.9 Å². The van der Waals surface area contributed by atoms with Gasteiger partial charge in [0.2, 0.25) is 0 Å². The Labute approximate surface area is 204 Å². The van der Waals surface area contributed by atoms with Gasteiger partial charge in [0.05, 0.1) is 0 Å². The van der Waals surface area contributed by atoms with Gasteiger partial charge in [0.15, 0.2) is 5.60 Å². The van der Waals surface area contributed by atoms with Gasteiger partial charge in [-0.05, 0) is 58.7 Å². The lowest BCUT2D eigenvalue weighted by atomic mass is 9.84. The molecule has 35 heavy (non-hydrogen) atoms. The van der Waals surface area contributed by atoms with Crippen LogP contribution in [0.4, 0.5) is 0 Å². The van der Waals surface area contributed by atoms with Gasteiger partial charge in [0.25, 0.3) is 0 Å². The normalized spacial score (nSPS) is 17.3. The molecule has 2 heteroatoms. The van der Waals surface area contributed by atoms with Crippen LogP contribution in [0.15, 0.2) is 97.1 Å². The highest BCUT2D eigenvalue weighted by atomic mass is 16.5. The molecular formula is C33H22O2. The van der Waals surface area contributed by atoms with Gasteiger partial charge in [-0.2, -0.15) is 0 Å². The molecule has 0 aromatic heterocycles. The third-order valence-electron chi connectivity index (χ3n) is 7.28. The molecule has 0 saturated heterocycles. The van der Waals surface area contributed by atoms with E-state index in [2.05, 4.69) is 97.8 Å². The van der Waals surface area contributed by atoms with E-state index in [1.807, 2.05) is 12.1 Å². The van der Waals surface area contributed by atoms with Crippen molar-refractivity contribution in [3.05, 3.63) is 114 Å². The molecule has 1 aliphatic heterocycles. The second kappa shape index (κ2) is 7.26. The van der Waals surface area contributed by atoms with Crippen LogP contribution in [0.1, 0.15) is 23.6 Å². The van der Waals surface area contributed by atoms with Gasteiger partial charge in [-0.15, -0.1) is 6.42 Å². The summed E-state index contributed by atoms with van der Waals surface area (Å²) in [4.78, 5) is 0. The van der Waals surface area contributed by atoms with Crippen LogP contribution in [0.3, 0.4) is 0 Å². The maximum Gasteiger partial charge on any atom is 0.179 e. The Kier molecular flexibility index (Phi) is 4.13. The summed E-state index contributed by atoms with van der Waals surface area (Å²) < 4.78 is 13.1. The summed E-state index contributed by atoms with van der Waals surface area (Å²) in [5.41, 5.74) is 6.29. The van der Waals surface area contributed by atoms with Crippen LogP contribution in [0, 0.1) is 12.3 Å². The predicted molar refractivity (Wildman–Crippen MR) is 143 cm³/mol. The van der Waals surface area contributed by atoms with Crippen molar-refractivity contribution in [2.24, 2.45) is 0 Å². The minimum absolute atomic E-state index is 0.226. The zero-order valence-electron chi connectivity index (χ0n) is 19.3. The summed E-state index contributed by atoms with van der Waals surface area (Å²) in [7, 11) is 0. The highest BCUT2D eigenvalue weighted by Gasteiger charge is 2.46. The van der Waals surface area contributed by atoms with Crippen LogP contribution in [0.5, 0.6) is 11.5 Å². The number of ether oxygens (including phenoxy) is 2. The second-order valence-corrected chi connectivity index (χ2v) is 9.25. The summed E-state index contributed by atoms with van der Waals surface area (Å²) in [5.74, 6) is 4.24. The van der Waals surface area contributed by atoms with Crippen molar-refractivity contribution in [3.8, 4) is 35.0 Å². The smallest absolute Gasteiger partial charge is 0.179 e. The molecule has 2 nitrogen and oxygen atoms in total. The fourth-order valence-electron chi connectivity index (χ4n) is 5.75. The van der Waals surface area contributed by atoms with E-state index in [1.165, 1.54) is 33.0 Å². The van der Waals surface area contributed by atoms with Crippen molar-refractivity contribution in [2.45, 2.75) is 12.5 Å². The molecule has 0 fully saturated rings. The van der Waals surface area contributed by atoms with Crippen LogP contribution in [0.2, 0.25) is 0 Å². The Morgan fingerprint density at radius 3 is 2.31 bits per heavy atom. The average molecular weight is 451 g/mol. The Hall–Kier alpha value is -4.48. The van der Waals surface area contributed by atoms with Gasteiger partial charge in [-0.1, -0.05) is 78.7 Å². The van der Waals surface area contributed by atoms with Gasteiger partial charge in [0, 0.05) is 27.5 Å². The maximum absolute atomic E-state index is 7.15. The lowest BCUT2D eigenvalue weighted by molar-refractivity contribution is 0.167. The van der Waals surface area contributed by atoms with Crippen molar-refractivity contribution in [3.63, 3.8) is 0 Å². The monoisotopic (exact) mass is 450 g/mol. The molecule has 0 saturated carbocycles. The van der Waals surface area contributed by atoms with Crippen molar-refractivity contribution in [1.29, 1.82) is 0 Å². The second-order valence-electron chi connectivity index (χ2n) is 9.25. The van der Waals surface area contributed by atoms with Crippen molar-refractivity contribution < 1.29 is 9.47 Å². The van der Waals surface area contributed by atoms with E-state index in [0.717, 1.165) is 33.4 Å². The lowest BCUT2D eigenvalue weighted by Crippen LogP contribution is -2.33. The fourth-order valence-corrected chi connectivity index (χ4v) is 5.75. The number of hydrogen-bond acceptors (Lipinski definition) is 2. The van der Waals surface area contributed by atoms with Crippen molar-refractivity contribution >= 4 is 27.1 Å². The average Bonchev–Trinajstić information content (AvgIpc) is 3.15. The lowest BCUT2D eigenvalue weighted by Gasteiger charge is -2.36. The van der Waals surface area contributed by atoms with Gasteiger partial charge in [0.1, 0.15) is 18.1 Å². The zero-order chi connectivity index (χ0) is 23.6. The first-order valence-corrected chi connectivity index (χ1v) is 11.8. The van der Waals surface area contributed by atoms with Crippen LogP contribution < -0.4 is 9.47 Å². The zero-order valence-corrected chi connectivity index (χ0v) is 19.3. The van der Waals surface area contributed by atoms with Crippen molar-refractivity contribution in [1.82, 2.24) is 0 Å². The first kappa shape index (κ1) is 19.9. The van der Waals surface area contributed by atoms with Gasteiger partial charge in [-0.25, -0.2) is 0 Å². The molecule has 1 unspecified atom stereocenters. The summed E-state index contributed by atoms with van der Waals surface area (Å²) in [6, 6.07) is 32.0. The topological polar surface area (TPSA) is 18.5 Å². The number of rotatable bonds is 2. The quantitative estimate of drug-likeness (QED) is 0.256. The van der Waals surface area contributed by atoms with Crippen LogP contribution in [-0.2, 0) is 5.60 Å². The molecule has 7 rings (SSSR count). The van der Waals surface area contributed by atoms with E-state index < -0.39 is 5.60 Å². The predicted octanol–water partition coefficient (Wildman–Crippen LogP) is 7.72. The Morgan fingerprint density at radius 2 is 1.49 bits per heavy atom. The Bertz CT molecular complexity index is 1750. The fraction of sp³-hybridized carbons (Fsp3) is 0.0909. The third-order valence-corrected chi connectivity index (χ3v) is 7.28. The molecule has 166 valence electrons. The van der Waals surface area contributed by atoms with Crippen LogP contribution >= 0.6 is 0 Å². The van der Waals surface area contributed by atoms with Crippen LogP contribution in [0.25, 0.3) is 38.2 Å². The van der Waals surface area contributed by atoms with Crippen LogP contribution in [-0.4, -0.2) is 6.61 Å². The SMILES string of the molecule is C#CCOc1cc2c(c3ccccc13)OC1(C=C2C)c2ccccc2-c2cc3ccccc3cc21. The summed E-state index contributed by atoms with van der Waals surface area (Å²) in [6.45, 7) is 2.38. The minimum Gasteiger partial charge on any atom is -0.480 e. The number of terminal acetylenes is 1. The molecule has 2 aliphatic rings. The highest BCUT2D eigenvalue weighted by molar-refractivity contribution is 6.00. The molecule has 1 heterocycles. The molecule has 0 N–H and O–H groups in total. The molecule has 0 amide bonds. The van der Waals surface area contributed by atoms with Gasteiger partial charge >= 0.3 is 0 Å². The van der Waals surface area contributed by atoms with E-state index in [-0.39, 0.29) is 6.61 Å². The van der Waals surface area contributed by atoms with Crippen molar-refractivity contribution in [2.75, 3.05) is 6.61 Å². The minimum atomic E-state index is -0.697. The highest BCUT2D eigenvalue weighted by Crippen LogP contribution is 2.56. The molecule has 0 bridgehead atoms. The standard InChI is InChI=1S/C33H22O2/c1-3-16-34-31-19-27-21(2)20-33(35-32(27)26-14-7-6-13-25(26)31)29-15-9-8-12-24(29)28-17-22-10-4-5-11-23(22)18-30(28)33/h1,4-15,17-20H,16H2,2H3. The molecule has 0 radical (unpaired) electrons.